The van der Waals surface area contributed by atoms with Crippen LogP contribution in [0.25, 0.3) is 0 Å². The summed E-state index contributed by atoms with van der Waals surface area (Å²) in [5, 5.41) is 15.3. The molecule has 2 aromatic carbocycles. The molecule has 2 N–H and O–H groups in total. The predicted octanol–water partition coefficient (Wildman–Crippen LogP) is 8.42. The number of carbonyl (C=O) groups is 1. The zero-order valence-electron chi connectivity index (χ0n) is 20.5. The lowest BCUT2D eigenvalue weighted by molar-refractivity contribution is 0.102. The second-order valence-electron chi connectivity index (χ2n) is 9.45. The molecular formula is C26H32ClF3N2O2S. The van der Waals surface area contributed by atoms with Crippen LogP contribution in [0.3, 0.4) is 0 Å². The van der Waals surface area contributed by atoms with E-state index in [9.17, 15) is 18.0 Å². The maximum atomic E-state index is 13.5. The van der Waals surface area contributed by atoms with E-state index in [1.165, 1.54) is 6.07 Å². The highest BCUT2D eigenvalue weighted by Crippen LogP contribution is 2.38. The van der Waals surface area contributed by atoms with E-state index in [-0.39, 0.29) is 16.5 Å². The molecule has 0 bridgehead atoms. The lowest BCUT2D eigenvalue weighted by Gasteiger charge is -2.28. The van der Waals surface area contributed by atoms with Gasteiger partial charge in [-0.25, -0.2) is 13.2 Å². The maximum absolute atomic E-state index is 13.5. The number of carbonyl (C=O) groups excluding carboxylic acids is 1. The molecule has 0 aliphatic carbocycles. The van der Waals surface area contributed by atoms with Crippen molar-refractivity contribution in [3.8, 4) is 0 Å². The number of nitrogens with one attached hydrogen (secondary N) is 1. The van der Waals surface area contributed by atoms with E-state index >= 15 is 0 Å². The van der Waals surface area contributed by atoms with Gasteiger partial charge in [0, 0.05) is 33.5 Å². The molecule has 0 saturated carbocycles. The van der Waals surface area contributed by atoms with Crippen molar-refractivity contribution < 1.29 is 23.2 Å². The Morgan fingerprint density at radius 3 is 2.29 bits per heavy atom. The monoisotopic (exact) mass is 528 g/mol. The third-order valence-electron chi connectivity index (χ3n) is 5.71. The normalized spacial score (nSPS) is 14.6. The van der Waals surface area contributed by atoms with Crippen LogP contribution in [0.4, 0.5) is 18.9 Å². The summed E-state index contributed by atoms with van der Waals surface area (Å²) in [6.07, 6.45) is 2.66. The fourth-order valence-corrected chi connectivity index (χ4v) is 5.53. The highest BCUT2D eigenvalue weighted by Gasteiger charge is 2.24. The van der Waals surface area contributed by atoms with E-state index in [1.54, 1.807) is 30.8 Å². The van der Waals surface area contributed by atoms with Gasteiger partial charge in [-0.3, -0.25) is 4.79 Å². The number of nitrogens with zero attached hydrogens (tertiary/aromatic N) is 1. The highest BCUT2D eigenvalue weighted by molar-refractivity contribution is 8.00. The third-order valence-corrected chi connectivity index (χ3v) is 7.50. The summed E-state index contributed by atoms with van der Waals surface area (Å²) >= 11 is 8.00. The summed E-state index contributed by atoms with van der Waals surface area (Å²) in [7, 11) is 0. The standard InChI is InChI=1S/C26H32ClF3N2O2S/c1-14(2)8-19(10-15(3)9-16(4)32-34)17(5)35-24-11-18(6-7-21(24)27)26(33)31-20-12-22(28)25(30)23(29)13-20/h6-7,11-15,17,19,34H,8-10H2,1-5H3,(H,31,33)/b32-16-. The van der Waals surface area contributed by atoms with Crippen LogP contribution in [0.5, 0.6) is 0 Å². The van der Waals surface area contributed by atoms with Crippen molar-refractivity contribution >= 4 is 40.7 Å². The average molecular weight is 529 g/mol. The molecule has 3 atom stereocenters. The second kappa shape index (κ2) is 13.2. The van der Waals surface area contributed by atoms with Crippen LogP contribution in [0.2, 0.25) is 5.02 Å². The number of benzene rings is 2. The molecule has 2 aromatic rings. The first-order valence-electron chi connectivity index (χ1n) is 11.5. The molecule has 0 heterocycles. The predicted molar refractivity (Wildman–Crippen MR) is 137 cm³/mol. The van der Waals surface area contributed by atoms with Crippen molar-refractivity contribution in [1.29, 1.82) is 0 Å². The van der Waals surface area contributed by atoms with Crippen LogP contribution >= 0.6 is 23.4 Å². The number of rotatable bonds is 11. The minimum atomic E-state index is -1.59. The smallest absolute Gasteiger partial charge is 0.255 e. The Balaban J connectivity index is 2.18. The zero-order chi connectivity index (χ0) is 26.3. The van der Waals surface area contributed by atoms with Crippen molar-refractivity contribution in [2.24, 2.45) is 22.9 Å². The quantitative estimate of drug-likeness (QED) is 0.101. The van der Waals surface area contributed by atoms with Crippen molar-refractivity contribution in [2.75, 3.05) is 5.32 Å². The molecule has 9 heteroatoms. The van der Waals surface area contributed by atoms with Crippen LogP contribution in [0.15, 0.2) is 40.4 Å². The molecule has 2 rings (SSSR count). The van der Waals surface area contributed by atoms with Gasteiger partial charge in [-0.2, -0.15) is 0 Å². The molecule has 4 nitrogen and oxygen atoms in total. The van der Waals surface area contributed by atoms with Crippen LogP contribution in [-0.4, -0.2) is 22.1 Å². The molecule has 0 aliphatic heterocycles. The molecule has 0 saturated heterocycles. The largest absolute Gasteiger partial charge is 0.411 e. The maximum Gasteiger partial charge on any atom is 0.255 e. The zero-order valence-corrected chi connectivity index (χ0v) is 22.1. The number of anilines is 1. The first-order chi connectivity index (χ1) is 16.4. The number of oxime groups is 1. The van der Waals surface area contributed by atoms with E-state index in [2.05, 4.69) is 38.2 Å². The number of hydrogen-bond donors (Lipinski definition) is 2. The molecule has 35 heavy (non-hydrogen) atoms. The minimum Gasteiger partial charge on any atom is -0.411 e. The fraction of sp³-hybridized carbons (Fsp3) is 0.462. The summed E-state index contributed by atoms with van der Waals surface area (Å²) in [5.41, 5.74) is 0.776. The fourth-order valence-electron chi connectivity index (χ4n) is 4.09. The van der Waals surface area contributed by atoms with Crippen molar-refractivity contribution in [3.05, 3.63) is 58.4 Å². The SMILES string of the molecule is C/C(CC(C)CC(CC(C)C)C(C)Sc1cc(C(=O)Nc2cc(F)c(F)c(F)c2)ccc1Cl)=N/O. The molecule has 0 radical (unpaired) electrons. The molecule has 3 unspecified atom stereocenters. The van der Waals surface area contributed by atoms with Gasteiger partial charge in [-0.05, 0) is 62.1 Å². The topological polar surface area (TPSA) is 61.7 Å². The lowest BCUT2D eigenvalue weighted by Crippen LogP contribution is -2.20. The van der Waals surface area contributed by atoms with Gasteiger partial charge in [0.05, 0.1) is 10.7 Å². The van der Waals surface area contributed by atoms with Crippen LogP contribution < -0.4 is 5.32 Å². The summed E-state index contributed by atoms with van der Waals surface area (Å²) in [4.78, 5) is 13.4. The lowest BCUT2D eigenvalue weighted by atomic mass is 9.85. The summed E-state index contributed by atoms with van der Waals surface area (Å²) in [5.74, 6) is -3.76. The Bertz CT molecular complexity index is 1040. The van der Waals surface area contributed by atoms with Gasteiger partial charge >= 0.3 is 0 Å². The van der Waals surface area contributed by atoms with Crippen molar-refractivity contribution in [3.63, 3.8) is 0 Å². The number of halogens is 4. The first-order valence-corrected chi connectivity index (χ1v) is 12.8. The van der Waals surface area contributed by atoms with Gasteiger partial charge in [0.2, 0.25) is 0 Å². The second-order valence-corrected chi connectivity index (χ2v) is 11.3. The van der Waals surface area contributed by atoms with Gasteiger partial charge in [-0.1, -0.05) is 44.5 Å². The van der Waals surface area contributed by atoms with E-state index < -0.39 is 23.4 Å². The summed E-state index contributed by atoms with van der Waals surface area (Å²) in [6.45, 7) is 10.4. The Labute approximate surface area is 214 Å². The van der Waals surface area contributed by atoms with Crippen LogP contribution in [0.1, 0.15) is 64.2 Å². The third kappa shape index (κ3) is 8.76. The number of hydrogen-bond acceptors (Lipinski definition) is 4. The van der Waals surface area contributed by atoms with Crippen molar-refractivity contribution in [2.45, 2.75) is 64.0 Å². The number of amides is 1. The Hall–Kier alpha value is -2.19. The molecule has 192 valence electrons. The summed E-state index contributed by atoms with van der Waals surface area (Å²) < 4.78 is 40.2. The van der Waals surface area contributed by atoms with Gasteiger partial charge in [0.1, 0.15) is 0 Å². The molecular weight excluding hydrogens is 497 g/mol. The molecule has 0 fully saturated rings. The van der Waals surface area contributed by atoms with Gasteiger partial charge in [0.15, 0.2) is 17.5 Å². The van der Waals surface area contributed by atoms with Gasteiger partial charge in [0.25, 0.3) is 5.91 Å². The van der Waals surface area contributed by atoms with Crippen molar-refractivity contribution in [1.82, 2.24) is 0 Å². The van der Waals surface area contributed by atoms with Gasteiger partial charge in [-0.15, -0.1) is 11.8 Å². The molecule has 1 amide bonds. The number of thioether (sulfide) groups is 1. The van der Waals surface area contributed by atoms with Crippen LogP contribution in [-0.2, 0) is 0 Å². The first kappa shape index (κ1) is 29.0. The molecule has 0 aromatic heterocycles. The summed E-state index contributed by atoms with van der Waals surface area (Å²) in [6, 6.07) is 6.23. The molecule has 0 aliphatic rings. The van der Waals surface area contributed by atoms with E-state index in [4.69, 9.17) is 16.8 Å². The van der Waals surface area contributed by atoms with E-state index in [0.29, 0.717) is 34.9 Å². The minimum absolute atomic E-state index is 0.183. The highest BCUT2D eigenvalue weighted by atomic mass is 35.5. The molecule has 0 spiro atoms. The Kier molecular flexibility index (Phi) is 11.0. The average Bonchev–Trinajstić information content (AvgIpc) is 2.77. The van der Waals surface area contributed by atoms with Crippen LogP contribution in [0, 0.1) is 35.2 Å². The van der Waals surface area contributed by atoms with Gasteiger partial charge < -0.3 is 10.5 Å². The Morgan fingerprint density at radius 2 is 1.71 bits per heavy atom. The van der Waals surface area contributed by atoms with E-state index in [0.717, 1.165) is 29.9 Å². The van der Waals surface area contributed by atoms with E-state index in [1.807, 2.05) is 0 Å². The Morgan fingerprint density at radius 1 is 1.09 bits per heavy atom.